The number of rotatable bonds is 9. The zero-order valence-electron chi connectivity index (χ0n) is 14.6. The Labute approximate surface area is 149 Å². The summed E-state index contributed by atoms with van der Waals surface area (Å²) in [7, 11) is -1.81. The van der Waals surface area contributed by atoms with Crippen LogP contribution in [0.2, 0.25) is 0 Å². The van der Waals surface area contributed by atoms with Crippen LogP contribution >= 0.6 is 0 Å². The van der Waals surface area contributed by atoms with E-state index >= 15 is 0 Å². The van der Waals surface area contributed by atoms with Crippen LogP contribution in [0.5, 0.6) is 0 Å². The van der Waals surface area contributed by atoms with Crippen LogP contribution in [0.15, 0.2) is 35.2 Å². The zero-order chi connectivity index (χ0) is 18.1. The Hall–Kier alpha value is -1.48. The van der Waals surface area contributed by atoms with Crippen molar-refractivity contribution in [3.63, 3.8) is 0 Å². The average molecular weight is 369 g/mol. The molecule has 140 valence electrons. The lowest BCUT2D eigenvalue weighted by Crippen LogP contribution is -2.44. The van der Waals surface area contributed by atoms with Crippen molar-refractivity contribution < 1.29 is 17.9 Å². The number of piperidine rings is 1. The SMILES string of the molecule is COCCNCCNC(=O)C1CCN(S(=O)(=O)c2ccccc2)CC1. The largest absolute Gasteiger partial charge is 0.383 e. The number of benzene rings is 1. The van der Waals surface area contributed by atoms with Gasteiger partial charge < -0.3 is 15.4 Å². The van der Waals surface area contributed by atoms with Gasteiger partial charge in [0.1, 0.15) is 0 Å². The monoisotopic (exact) mass is 369 g/mol. The smallest absolute Gasteiger partial charge is 0.243 e. The van der Waals surface area contributed by atoms with E-state index < -0.39 is 10.0 Å². The fraction of sp³-hybridized carbons (Fsp3) is 0.588. The average Bonchev–Trinajstić information content (AvgIpc) is 2.65. The number of methoxy groups -OCH3 is 1. The molecule has 1 fully saturated rings. The minimum Gasteiger partial charge on any atom is -0.383 e. The Morgan fingerprint density at radius 1 is 1.16 bits per heavy atom. The molecule has 1 saturated heterocycles. The van der Waals surface area contributed by atoms with Gasteiger partial charge in [0.15, 0.2) is 0 Å². The van der Waals surface area contributed by atoms with Gasteiger partial charge in [0, 0.05) is 45.8 Å². The molecule has 1 aromatic carbocycles. The van der Waals surface area contributed by atoms with Crippen molar-refractivity contribution in [2.45, 2.75) is 17.7 Å². The van der Waals surface area contributed by atoms with Gasteiger partial charge >= 0.3 is 0 Å². The van der Waals surface area contributed by atoms with Gasteiger partial charge in [0.2, 0.25) is 15.9 Å². The van der Waals surface area contributed by atoms with E-state index in [1.165, 1.54) is 4.31 Å². The Bertz CT molecular complexity index is 629. The summed E-state index contributed by atoms with van der Waals surface area (Å²) in [5.74, 6) is -0.119. The predicted molar refractivity (Wildman–Crippen MR) is 95.7 cm³/mol. The molecule has 0 saturated carbocycles. The van der Waals surface area contributed by atoms with E-state index in [4.69, 9.17) is 4.74 Å². The molecule has 0 aliphatic carbocycles. The number of nitrogens with one attached hydrogen (secondary N) is 2. The van der Waals surface area contributed by atoms with E-state index in [-0.39, 0.29) is 11.8 Å². The van der Waals surface area contributed by atoms with Gasteiger partial charge in [-0.2, -0.15) is 4.31 Å². The first-order valence-electron chi connectivity index (χ1n) is 8.58. The number of hydrogen-bond donors (Lipinski definition) is 2. The summed E-state index contributed by atoms with van der Waals surface area (Å²) in [6, 6.07) is 8.43. The normalized spacial score (nSPS) is 16.7. The fourth-order valence-corrected chi connectivity index (χ4v) is 4.31. The fourth-order valence-electron chi connectivity index (χ4n) is 2.82. The zero-order valence-corrected chi connectivity index (χ0v) is 15.4. The van der Waals surface area contributed by atoms with Gasteiger partial charge in [-0.05, 0) is 25.0 Å². The molecule has 1 amide bonds. The minimum absolute atomic E-state index is 0.00491. The molecule has 1 heterocycles. The molecule has 0 atom stereocenters. The van der Waals surface area contributed by atoms with Crippen molar-refractivity contribution in [1.82, 2.24) is 14.9 Å². The second-order valence-corrected chi connectivity index (χ2v) is 7.96. The van der Waals surface area contributed by atoms with Gasteiger partial charge in [0.05, 0.1) is 11.5 Å². The highest BCUT2D eigenvalue weighted by atomic mass is 32.2. The number of hydrogen-bond acceptors (Lipinski definition) is 5. The number of carbonyl (C=O) groups is 1. The topological polar surface area (TPSA) is 87.7 Å². The van der Waals surface area contributed by atoms with Crippen molar-refractivity contribution in [1.29, 1.82) is 0 Å². The highest BCUT2D eigenvalue weighted by Gasteiger charge is 2.31. The lowest BCUT2D eigenvalue weighted by atomic mass is 9.97. The van der Waals surface area contributed by atoms with E-state index in [2.05, 4.69) is 10.6 Å². The van der Waals surface area contributed by atoms with Crippen LogP contribution in [-0.4, -0.2) is 65.1 Å². The van der Waals surface area contributed by atoms with Gasteiger partial charge in [-0.15, -0.1) is 0 Å². The summed E-state index contributed by atoms with van der Waals surface area (Å²) in [6.07, 6.45) is 1.10. The summed E-state index contributed by atoms with van der Waals surface area (Å²) in [5, 5.41) is 6.07. The van der Waals surface area contributed by atoms with Gasteiger partial charge in [-0.1, -0.05) is 18.2 Å². The first kappa shape index (κ1) is 19.8. The summed E-state index contributed by atoms with van der Waals surface area (Å²) in [5.41, 5.74) is 0. The van der Waals surface area contributed by atoms with Gasteiger partial charge in [-0.25, -0.2) is 8.42 Å². The molecule has 0 spiro atoms. The maximum Gasteiger partial charge on any atom is 0.243 e. The summed E-state index contributed by atoms with van der Waals surface area (Å²) in [4.78, 5) is 12.5. The predicted octanol–water partition coefficient (Wildman–Crippen LogP) is 0.440. The van der Waals surface area contributed by atoms with Crippen LogP contribution in [0, 0.1) is 5.92 Å². The molecule has 0 bridgehead atoms. The van der Waals surface area contributed by atoms with E-state index in [0.29, 0.717) is 50.5 Å². The quantitative estimate of drug-likeness (QED) is 0.617. The Morgan fingerprint density at radius 3 is 2.48 bits per heavy atom. The van der Waals surface area contributed by atoms with Crippen LogP contribution < -0.4 is 10.6 Å². The molecule has 8 heteroatoms. The van der Waals surface area contributed by atoms with Crippen LogP contribution in [-0.2, 0) is 19.6 Å². The van der Waals surface area contributed by atoms with Crippen LogP contribution in [0.1, 0.15) is 12.8 Å². The molecule has 1 aliphatic heterocycles. The number of nitrogens with zero attached hydrogens (tertiary/aromatic N) is 1. The highest BCUT2D eigenvalue weighted by Crippen LogP contribution is 2.23. The van der Waals surface area contributed by atoms with Gasteiger partial charge in [-0.3, -0.25) is 4.79 Å². The van der Waals surface area contributed by atoms with Gasteiger partial charge in [0.25, 0.3) is 0 Å². The van der Waals surface area contributed by atoms with Crippen molar-refractivity contribution in [2.75, 3.05) is 46.4 Å². The van der Waals surface area contributed by atoms with Crippen LogP contribution in [0.4, 0.5) is 0 Å². The van der Waals surface area contributed by atoms with E-state index in [9.17, 15) is 13.2 Å². The molecular weight excluding hydrogens is 342 g/mol. The molecule has 0 aromatic heterocycles. The number of carbonyl (C=O) groups excluding carboxylic acids is 1. The maximum atomic E-state index is 12.6. The summed E-state index contributed by atoms with van der Waals surface area (Å²) in [6.45, 7) is 3.40. The molecular formula is C17H27N3O4S. The third-order valence-corrected chi connectivity index (χ3v) is 6.20. The van der Waals surface area contributed by atoms with Crippen LogP contribution in [0.25, 0.3) is 0 Å². The lowest BCUT2D eigenvalue weighted by molar-refractivity contribution is -0.126. The van der Waals surface area contributed by atoms with Crippen molar-refractivity contribution >= 4 is 15.9 Å². The molecule has 2 N–H and O–H groups in total. The second kappa shape index (κ2) is 9.86. The Balaban J connectivity index is 1.75. The Morgan fingerprint density at radius 2 is 1.84 bits per heavy atom. The minimum atomic E-state index is -3.46. The number of sulfonamides is 1. The standard InChI is InChI=1S/C17H27N3O4S/c1-24-14-11-18-9-10-19-17(21)15-7-12-20(13-8-15)25(22,23)16-5-3-2-4-6-16/h2-6,15,18H,7-14H2,1H3,(H,19,21). The maximum absolute atomic E-state index is 12.6. The molecule has 0 radical (unpaired) electrons. The highest BCUT2D eigenvalue weighted by molar-refractivity contribution is 7.89. The van der Waals surface area contributed by atoms with E-state index in [1.807, 2.05) is 0 Å². The first-order valence-corrected chi connectivity index (χ1v) is 10.0. The third kappa shape index (κ3) is 5.78. The molecule has 25 heavy (non-hydrogen) atoms. The van der Waals surface area contributed by atoms with Crippen molar-refractivity contribution in [3.8, 4) is 0 Å². The second-order valence-electron chi connectivity index (χ2n) is 6.03. The van der Waals surface area contributed by atoms with Crippen LogP contribution in [0.3, 0.4) is 0 Å². The molecule has 1 aliphatic rings. The van der Waals surface area contributed by atoms with Crippen molar-refractivity contribution in [2.24, 2.45) is 5.92 Å². The number of amides is 1. The summed E-state index contributed by atoms with van der Waals surface area (Å²) < 4.78 is 31.5. The molecule has 1 aromatic rings. The molecule has 7 nitrogen and oxygen atoms in total. The van der Waals surface area contributed by atoms with E-state index in [1.54, 1.807) is 37.4 Å². The summed E-state index contributed by atoms with van der Waals surface area (Å²) >= 11 is 0. The number of ether oxygens (including phenoxy) is 1. The third-order valence-electron chi connectivity index (χ3n) is 4.29. The molecule has 2 rings (SSSR count). The lowest BCUT2D eigenvalue weighted by Gasteiger charge is -2.30. The first-order chi connectivity index (χ1) is 12.1. The van der Waals surface area contributed by atoms with Crippen molar-refractivity contribution in [3.05, 3.63) is 30.3 Å². The Kier molecular flexibility index (Phi) is 7.83. The van der Waals surface area contributed by atoms with E-state index in [0.717, 1.165) is 6.54 Å². The molecule has 0 unspecified atom stereocenters.